The van der Waals surface area contributed by atoms with Crippen LogP contribution in [0.3, 0.4) is 0 Å². The Labute approximate surface area is 85.6 Å². The van der Waals surface area contributed by atoms with E-state index in [-0.39, 0.29) is 17.4 Å². The highest BCUT2D eigenvalue weighted by Crippen LogP contribution is 2.03. The lowest BCUT2D eigenvalue weighted by molar-refractivity contribution is -0.445. The van der Waals surface area contributed by atoms with Crippen LogP contribution < -0.4 is 11.3 Å². The van der Waals surface area contributed by atoms with Crippen molar-refractivity contribution in [3.05, 3.63) is 40.4 Å². The van der Waals surface area contributed by atoms with Crippen molar-refractivity contribution < 1.29 is 10.2 Å². The minimum atomic E-state index is -0.588. The molecule has 13 heavy (non-hydrogen) atoms. The fourth-order valence-electron chi connectivity index (χ4n) is 0.618. The number of nitrogens with two attached hydrogens (primary N) is 1. The van der Waals surface area contributed by atoms with Gasteiger partial charge in [-0.1, -0.05) is 18.2 Å². The highest BCUT2D eigenvalue weighted by Gasteiger charge is 1.93. The second-order valence-electron chi connectivity index (χ2n) is 1.73. The Morgan fingerprint density at radius 3 is 2.15 bits per heavy atom. The number of benzene rings is 1. The number of nitro groups is 1. The van der Waals surface area contributed by atoms with Gasteiger partial charge in [0, 0.05) is 0 Å². The molecule has 0 heterocycles. The Bertz CT molecular complexity index is 232. The summed E-state index contributed by atoms with van der Waals surface area (Å²) in [5, 5.41) is 15.8. The van der Waals surface area contributed by atoms with E-state index in [9.17, 15) is 10.1 Å². The van der Waals surface area contributed by atoms with Crippen molar-refractivity contribution in [3.8, 4) is 0 Å². The Morgan fingerprint density at radius 1 is 1.31 bits per heavy atom. The van der Waals surface area contributed by atoms with E-state index in [0.29, 0.717) is 5.69 Å². The third-order valence-corrected chi connectivity index (χ3v) is 0.994. The molecule has 7 heteroatoms. The van der Waals surface area contributed by atoms with Crippen molar-refractivity contribution >= 4 is 23.0 Å². The average Bonchev–Trinajstić information content (AvgIpc) is 2.08. The molecular formula is C6H12AlN3O3. The smallest absolute Gasteiger partial charge is 0.187 e. The molecule has 0 amide bonds. The minimum Gasteiger partial charge on any atom is -0.320 e. The fourth-order valence-corrected chi connectivity index (χ4v) is 0.618. The first-order valence-electron chi connectivity index (χ1n) is 3.01. The maximum absolute atomic E-state index is 9.86. The van der Waals surface area contributed by atoms with E-state index >= 15 is 0 Å². The predicted octanol–water partition coefficient (Wildman–Crippen LogP) is -0.559. The molecule has 4 N–H and O–H groups in total. The maximum Gasteiger partial charge on any atom is 0.187 e. The Morgan fingerprint density at radius 2 is 1.77 bits per heavy atom. The molecule has 0 fully saturated rings. The Hall–Kier alpha value is -1.13. The van der Waals surface area contributed by atoms with Gasteiger partial charge in [-0.15, -0.1) is 5.43 Å². The number of hydrogen-bond acceptors (Lipinski definition) is 4. The first kappa shape index (κ1) is 14.4. The molecule has 72 valence electrons. The molecule has 0 atom stereocenters. The van der Waals surface area contributed by atoms with E-state index in [1.54, 1.807) is 30.3 Å². The minimum absolute atomic E-state index is 0. The number of para-hydroxylation sites is 1. The summed E-state index contributed by atoms with van der Waals surface area (Å²) < 4.78 is 0. The van der Waals surface area contributed by atoms with E-state index in [2.05, 4.69) is 5.90 Å². The van der Waals surface area contributed by atoms with E-state index in [4.69, 9.17) is 5.21 Å². The van der Waals surface area contributed by atoms with Crippen molar-refractivity contribution in [2.75, 3.05) is 5.43 Å². The zero-order chi connectivity index (χ0) is 9.40. The van der Waals surface area contributed by atoms with Crippen molar-refractivity contribution in [1.29, 1.82) is 0 Å². The van der Waals surface area contributed by atoms with Crippen LogP contribution in [0, 0.1) is 10.1 Å². The largest absolute Gasteiger partial charge is 0.320 e. The van der Waals surface area contributed by atoms with Gasteiger partial charge in [0.25, 0.3) is 0 Å². The van der Waals surface area contributed by atoms with Crippen LogP contribution in [0.15, 0.2) is 30.3 Å². The lowest BCUT2D eigenvalue weighted by Crippen LogP contribution is -2.06. The number of hydrogen-bond donors (Lipinski definition) is 3. The number of nitrogens with zero attached hydrogens (tertiary/aromatic N) is 1. The highest BCUT2D eigenvalue weighted by molar-refractivity contribution is 5.75. The number of anilines is 1. The van der Waals surface area contributed by atoms with Crippen LogP contribution >= 0.6 is 0 Å². The molecule has 6 nitrogen and oxygen atoms in total. The van der Waals surface area contributed by atoms with Crippen molar-refractivity contribution in [1.82, 2.24) is 0 Å². The van der Waals surface area contributed by atoms with Gasteiger partial charge in [0.05, 0.1) is 0 Å². The molecule has 0 saturated heterocycles. The van der Waals surface area contributed by atoms with Gasteiger partial charge in [-0.3, -0.25) is 0 Å². The molecule has 1 aromatic carbocycles. The molecule has 0 radical (unpaired) electrons. The highest BCUT2D eigenvalue weighted by atomic mass is 27.0. The first-order chi connectivity index (χ1) is 5.79. The van der Waals surface area contributed by atoms with Gasteiger partial charge in [0.15, 0.2) is 22.4 Å². The predicted molar refractivity (Wildman–Crippen MR) is 53.0 cm³/mol. The van der Waals surface area contributed by atoms with Gasteiger partial charge in [0.1, 0.15) is 5.69 Å². The van der Waals surface area contributed by atoms with Crippen LogP contribution in [0.4, 0.5) is 5.69 Å². The maximum atomic E-state index is 9.86. The van der Waals surface area contributed by atoms with E-state index in [1.165, 1.54) is 0 Å². The second kappa shape index (κ2) is 8.96. The molecule has 0 aromatic heterocycles. The van der Waals surface area contributed by atoms with Crippen molar-refractivity contribution in [2.24, 2.45) is 5.90 Å². The lowest BCUT2D eigenvalue weighted by Gasteiger charge is -1.93. The molecule has 1 aromatic rings. The van der Waals surface area contributed by atoms with Gasteiger partial charge in [-0.25, -0.2) is 16.0 Å². The van der Waals surface area contributed by atoms with Gasteiger partial charge in [-0.05, 0) is 12.1 Å². The summed E-state index contributed by atoms with van der Waals surface area (Å²) in [5.41, 5.74) is 2.52. The SMILES string of the molecule is NO.O=[N+]([O-])Nc1ccccc1.[AlH3]. The van der Waals surface area contributed by atoms with E-state index < -0.39 is 5.03 Å². The molecule has 0 aliphatic heterocycles. The van der Waals surface area contributed by atoms with Crippen molar-refractivity contribution in [3.63, 3.8) is 0 Å². The van der Waals surface area contributed by atoms with Gasteiger partial charge >= 0.3 is 0 Å². The summed E-state index contributed by atoms with van der Waals surface area (Å²) in [5.74, 6) is 3.50. The summed E-state index contributed by atoms with van der Waals surface area (Å²) in [6.07, 6.45) is 0. The third kappa shape index (κ3) is 7.24. The monoisotopic (exact) mass is 201 g/mol. The van der Waals surface area contributed by atoms with Gasteiger partial charge in [0.2, 0.25) is 0 Å². The van der Waals surface area contributed by atoms with Crippen LogP contribution in [0.2, 0.25) is 0 Å². The lowest BCUT2D eigenvalue weighted by atomic mass is 10.3. The molecule has 0 spiro atoms. The molecule has 0 aliphatic rings. The zero-order valence-electron chi connectivity index (χ0n) is 6.18. The first-order valence-corrected chi connectivity index (χ1v) is 3.01. The normalized spacial score (nSPS) is 7.23. The Kier molecular flexibility index (Phi) is 9.93. The van der Waals surface area contributed by atoms with Crippen molar-refractivity contribution in [2.45, 2.75) is 0 Å². The number of nitrogens with one attached hydrogen (secondary N) is 1. The van der Waals surface area contributed by atoms with Crippen LogP contribution in [0.1, 0.15) is 0 Å². The molecule has 0 aliphatic carbocycles. The van der Waals surface area contributed by atoms with Crippen LogP contribution in [-0.2, 0) is 0 Å². The summed E-state index contributed by atoms with van der Waals surface area (Å²) >= 11 is 0. The standard InChI is InChI=1S/C6H6N2O2.Al.H3NO.3H/c9-8(10)7-6-4-2-1-3-5-6;;1-2;;;/h1-5,7H;;2H,1H2;;;. The van der Waals surface area contributed by atoms with Gasteiger partial charge < -0.3 is 5.21 Å². The quantitative estimate of drug-likeness (QED) is 0.338. The zero-order valence-corrected chi connectivity index (χ0v) is 6.18. The molecule has 1 rings (SSSR count). The third-order valence-electron chi connectivity index (χ3n) is 0.994. The summed E-state index contributed by atoms with van der Waals surface area (Å²) in [4.78, 5) is 9.86. The van der Waals surface area contributed by atoms with E-state index in [0.717, 1.165) is 0 Å². The molecular weight excluding hydrogens is 189 g/mol. The molecule has 0 unspecified atom stereocenters. The summed E-state index contributed by atoms with van der Waals surface area (Å²) in [6, 6.07) is 8.51. The molecule has 0 saturated carbocycles. The van der Waals surface area contributed by atoms with Gasteiger partial charge in [-0.2, -0.15) is 0 Å². The topological polar surface area (TPSA) is 101 Å². The summed E-state index contributed by atoms with van der Waals surface area (Å²) in [6.45, 7) is 0. The fraction of sp³-hybridized carbons (Fsp3) is 0. The van der Waals surface area contributed by atoms with Crippen LogP contribution in [0.25, 0.3) is 0 Å². The number of rotatable bonds is 2. The van der Waals surface area contributed by atoms with E-state index in [1.807, 2.05) is 5.43 Å². The van der Waals surface area contributed by atoms with Crippen LogP contribution in [-0.4, -0.2) is 27.6 Å². The van der Waals surface area contributed by atoms with Crippen LogP contribution in [0.5, 0.6) is 0 Å². The second-order valence-corrected chi connectivity index (χ2v) is 1.73. The Balaban J connectivity index is 0. The number of hydrazine groups is 1. The average molecular weight is 201 g/mol. The summed E-state index contributed by atoms with van der Waals surface area (Å²) in [7, 11) is 0. The molecule has 0 bridgehead atoms.